The maximum absolute atomic E-state index is 12.0. The van der Waals surface area contributed by atoms with Crippen LogP contribution in [0.4, 0.5) is 4.79 Å². The van der Waals surface area contributed by atoms with Gasteiger partial charge in [0.2, 0.25) is 0 Å². The third kappa shape index (κ3) is 8.21. The molecule has 0 spiro atoms. The number of nitrogens with one attached hydrogen (secondary N) is 3. The molecule has 0 fully saturated rings. The molecule has 1 aromatic rings. The van der Waals surface area contributed by atoms with Crippen molar-refractivity contribution in [3.05, 3.63) is 29.8 Å². The molecule has 0 aromatic heterocycles. The number of imide groups is 1. The predicted molar refractivity (Wildman–Crippen MR) is 97.3 cm³/mol. The van der Waals surface area contributed by atoms with Crippen LogP contribution in [0.5, 0.6) is 5.75 Å². The Bertz CT molecular complexity index is 672. The van der Waals surface area contributed by atoms with Crippen LogP contribution in [0, 0.1) is 0 Å². The van der Waals surface area contributed by atoms with Crippen LogP contribution in [0.3, 0.4) is 0 Å². The average molecular weight is 379 g/mol. The molecule has 27 heavy (non-hydrogen) atoms. The molecule has 3 N–H and O–H groups in total. The topological polar surface area (TPSA) is 123 Å². The van der Waals surface area contributed by atoms with Gasteiger partial charge in [0.25, 0.3) is 11.8 Å². The first-order chi connectivity index (χ1) is 12.7. The van der Waals surface area contributed by atoms with E-state index < -0.39 is 36.5 Å². The zero-order chi connectivity index (χ0) is 20.4. The fraction of sp³-hybridized carbons (Fsp3) is 0.444. The molecule has 0 bridgehead atoms. The SMILES string of the molecule is CCOc1ccc(C(=O)NCC(=O)O[C@@H](C)C(=O)NC(=O)NC(C)C)cc1. The number of benzene rings is 1. The van der Waals surface area contributed by atoms with E-state index in [2.05, 4.69) is 16.0 Å². The lowest BCUT2D eigenvalue weighted by Crippen LogP contribution is -2.47. The van der Waals surface area contributed by atoms with Gasteiger partial charge < -0.3 is 20.1 Å². The molecule has 0 saturated heterocycles. The van der Waals surface area contributed by atoms with Crippen molar-refractivity contribution in [1.82, 2.24) is 16.0 Å². The normalized spacial score (nSPS) is 11.3. The first kappa shape index (κ1) is 21.9. The maximum atomic E-state index is 12.0. The third-order valence-electron chi connectivity index (χ3n) is 3.15. The summed E-state index contributed by atoms with van der Waals surface area (Å²) in [6.45, 7) is 6.75. The zero-order valence-electron chi connectivity index (χ0n) is 15.8. The number of ether oxygens (including phenoxy) is 2. The summed E-state index contributed by atoms with van der Waals surface area (Å²) in [6, 6.07) is 5.59. The maximum Gasteiger partial charge on any atom is 0.326 e. The molecule has 1 aromatic carbocycles. The molecular formula is C18H25N3O6. The van der Waals surface area contributed by atoms with E-state index in [-0.39, 0.29) is 6.04 Å². The van der Waals surface area contributed by atoms with Gasteiger partial charge in [-0.15, -0.1) is 0 Å². The number of esters is 1. The third-order valence-corrected chi connectivity index (χ3v) is 3.15. The van der Waals surface area contributed by atoms with Crippen LogP contribution in [-0.2, 0) is 14.3 Å². The van der Waals surface area contributed by atoms with Crippen LogP contribution >= 0.6 is 0 Å². The van der Waals surface area contributed by atoms with Gasteiger partial charge in [0.05, 0.1) is 6.61 Å². The van der Waals surface area contributed by atoms with Crippen molar-refractivity contribution in [3.8, 4) is 5.75 Å². The summed E-state index contributed by atoms with van der Waals surface area (Å²) in [5, 5.41) is 6.93. The van der Waals surface area contributed by atoms with Gasteiger partial charge in [-0.2, -0.15) is 0 Å². The van der Waals surface area contributed by atoms with Crippen LogP contribution in [-0.4, -0.2) is 49.1 Å². The second-order valence-electron chi connectivity index (χ2n) is 5.89. The van der Waals surface area contributed by atoms with Crippen molar-refractivity contribution in [1.29, 1.82) is 0 Å². The van der Waals surface area contributed by atoms with Crippen LogP contribution < -0.4 is 20.7 Å². The molecule has 0 radical (unpaired) electrons. The Morgan fingerprint density at radius 1 is 1.04 bits per heavy atom. The molecule has 1 rings (SSSR count). The van der Waals surface area contributed by atoms with Gasteiger partial charge in [-0.05, 0) is 52.0 Å². The van der Waals surface area contributed by atoms with E-state index in [0.29, 0.717) is 17.9 Å². The summed E-state index contributed by atoms with van der Waals surface area (Å²) in [7, 11) is 0. The summed E-state index contributed by atoms with van der Waals surface area (Å²) < 4.78 is 10.2. The number of rotatable bonds is 8. The summed E-state index contributed by atoms with van der Waals surface area (Å²) in [5.41, 5.74) is 0.349. The van der Waals surface area contributed by atoms with E-state index in [9.17, 15) is 19.2 Å². The second kappa shape index (κ2) is 10.8. The molecule has 148 valence electrons. The Kier molecular flexibility index (Phi) is 8.77. The first-order valence-corrected chi connectivity index (χ1v) is 8.54. The van der Waals surface area contributed by atoms with E-state index in [1.807, 2.05) is 6.92 Å². The van der Waals surface area contributed by atoms with E-state index in [0.717, 1.165) is 0 Å². The summed E-state index contributed by atoms with van der Waals surface area (Å²) in [4.78, 5) is 47.0. The van der Waals surface area contributed by atoms with E-state index in [1.165, 1.54) is 6.92 Å². The minimum absolute atomic E-state index is 0.145. The zero-order valence-corrected chi connectivity index (χ0v) is 15.8. The lowest BCUT2D eigenvalue weighted by Gasteiger charge is -2.14. The number of amides is 4. The van der Waals surface area contributed by atoms with E-state index in [1.54, 1.807) is 38.1 Å². The quantitative estimate of drug-likeness (QED) is 0.579. The minimum atomic E-state index is -1.18. The molecule has 9 nitrogen and oxygen atoms in total. The summed E-state index contributed by atoms with van der Waals surface area (Å²) in [5.74, 6) is -1.40. The highest BCUT2D eigenvalue weighted by Gasteiger charge is 2.20. The standard InChI is InChI=1S/C18H25N3O6/c1-5-26-14-8-6-13(7-9-14)17(24)19-10-15(22)27-12(4)16(23)21-18(25)20-11(2)3/h6-9,11-12H,5,10H2,1-4H3,(H,19,24)(H2,20,21,23,25)/t12-/m0/s1. The molecule has 0 unspecified atom stereocenters. The van der Waals surface area contributed by atoms with Crippen molar-refractivity contribution in [3.63, 3.8) is 0 Å². The van der Waals surface area contributed by atoms with Crippen molar-refractivity contribution in [2.75, 3.05) is 13.2 Å². The Labute approximate surface area is 157 Å². The van der Waals surface area contributed by atoms with Crippen LogP contribution in [0.1, 0.15) is 38.1 Å². The van der Waals surface area contributed by atoms with Gasteiger partial charge in [-0.3, -0.25) is 19.7 Å². The van der Waals surface area contributed by atoms with Crippen molar-refractivity contribution in [2.45, 2.75) is 39.8 Å². The van der Waals surface area contributed by atoms with Crippen LogP contribution in [0.2, 0.25) is 0 Å². The molecule has 1 atom stereocenters. The highest BCUT2D eigenvalue weighted by molar-refractivity contribution is 5.98. The Morgan fingerprint density at radius 3 is 2.22 bits per heavy atom. The van der Waals surface area contributed by atoms with E-state index in [4.69, 9.17) is 9.47 Å². The minimum Gasteiger partial charge on any atom is -0.494 e. The molecule has 4 amide bonds. The molecule has 0 aliphatic heterocycles. The Morgan fingerprint density at radius 2 is 1.67 bits per heavy atom. The van der Waals surface area contributed by atoms with Gasteiger partial charge in [0, 0.05) is 11.6 Å². The summed E-state index contributed by atoms with van der Waals surface area (Å²) in [6.07, 6.45) is -1.18. The number of carbonyl (C=O) groups is 4. The first-order valence-electron chi connectivity index (χ1n) is 8.54. The van der Waals surface area contributed by atoms with E-state index >= 15 is 0 Å². The molecule has 0 aliphatic carbocycles. The number of hydrogen-bond acceptors (Lipinski definition) is 6. The molecular weight excluding hydrogens is 354 g/mol. The highest BCUT2D eigenvalue weighted by atomic mass is 16.5. The second-order valence-corrected chi connectivity index (χ2v) is 5.89. The number of urea groups is 1. The fourth-order valence-corrected chi connectivity index (χ4v) is 1.93. The fourth-order valence-electron chi connectivity index (χ4n) is 1.93. The predicted octanol–water partition coefficient (Wildman–Crippen LogP) is 0.981. The van der Waals surface area contributed by atoms with Crippen molar-refractivity contribution >= 4 is 23.8 Å². The van der Waals surface area contributed by atoms with Crippen molar-refractivity contribution < 1.29 is 28.7 Å². The highest BCUT2D eigenvalue weighted by Crippen LogP contribution is 2.11. The summed E-state index contributed by atoms with van der Waals surface area (Å²) >= 11 is 0. The van der Waals surface area contributed by atoms with Gasteiger partial charge in [0.15, 0.2) is 6.10 Å². The number of carbonyl (C=O) groups excluding carboxylic acids is 4. The van der Waals surface area contributed by atoms with Gasteiger partial charge in [-0.25, -0.2) is 4.79 Å². The van der Waals surface area contributed by atoms with Crippen molar-refractivity contribution in [2.24, 2.45) is 0 Å². The largest absolute Gasteiger partial charge is 0.494 e. The molecule has 0 heterocycles. The van der Waals surface area contributed by atoms with Gasteiger partial charge >= 0.3 is 12.0 Å². The lowest BCUT2D eigenvalue weighted by atomic mass is 10.2. The lowest BCUT2D eigenvalue weighted by molar-refractivity contribution is -0.153. The van der Waals surface area contributed by atoms with Gasteiger partial charge in [0.1, 0.15) is 12.3 Å². The Hall–Kier alpha value is -3.10. The van der Waals surface area contributed by atoms with Crippen LogP contribution in [0.15, 0.2) is 24.3 Å². The number of hydrogen-bond donors (Lipinski definition) is 3. The molecule has 0 saturated carbocycles. The van der Waals surface area contributed by atoms with Gasteiger partial charge in [-0.1, -0.05) is 0 Å². The molecule has 0 aliphatic rings. The monoisotopic (exact) mass is 379 g/mol. The average Bonchev–Trinajstić information content (AvgIpc) is 2.59. The van der Waals surface area contributed by atoms with Crippen LogP contribution in [0.25, 0.3) is 0 Å². The molecule has 9 heteroatoms. The smallest absolute Gasteiger partial charge is 0.326 e. The Balaban J connectivity index is 2.41.